The molecule has 1 aliphatic heterocycles. The molecule has 1 N–H and O–H groups in total. The van der Waals surface area contributed by atoms with Gasteiger partial charge in [-0.05, 0) is 50.1 Å². The second kappa shape index (κ2) is 9.26. The van der Waals surface area contributed by atoms with Gasteiger partial charge < -0.3 is 19.4 Å². The third kappa shape index (κ3) is 5.03. The van der Waals surface area contributed by atoms with Crippen LogP contribution in [0.4, 0.5) is 0 Å². The normalized spacial score (nSPS) is 15.0. The molecule has 2 aromatic rings. The largest absolute Gasteiger partial charge is 0.496 e. The summed E-state index contributed by atoms with van der Waals surface area (Å²) in [6.45, 7) is 3.55. The summed E-state index contributed by atoms with van der Waals surface area (Å²) in [6.07, 6.45) is 6.28. The van der Waals surface area contributed by atoms with Gasteiger partial charge in [-0.1, -0.05) is 11.6 Å². The number of ether oxygens (including phenoxy) is 1. The van der Waals surface area contributed by atoms with Gasteiger partial charge in [0, 0.05) is 30.6 Å². The predicted octanol–water partition coefficient (Wildman–Crippen LogP) is 3.16. The smallest absolute Gasteiger partial charge is 0.246 e. The van der Waals surface area contributed by atoms with E-state index in [0.717, 1.165) is 22.6 Å². The summed E-state index contributed by atoms with van der Waals surface area (Å²) in [7, 11) is 1.62. The number of benzene rings is 1. The number of furan rings is 1. The van der Waals surface area contributed by atoms with Crippen LogP contribution in [0.3, 0.4) is 0 Å². The second-order valence-corrected chi connectivity index (χ2v) is 6.98. The van der Waals surface area contributed by atoms with E-state index in [4.69, 9.17) is 9.15 Å². The van der Waals surface area contributed by atoms with E-state index >= 15 is 0 Å². The van der Waals surface area contributed by atoms with Crippen molar-refractivity contribution in [3.63, 3.8) is 0 Å². The maximum Gasteiger partial charge on any atom is 0.246 e. The Kier molecular flexibility index (Phi) is 6.53. The molecule has 1 aliphatic rings. The Morgan fingerprint density at radius 3 is 2.75 bits per heavy atom. The quantitative estimate of drug-likeness (QED) is 0.779. The molecule has 0 unspecified atom stereocenters. The maximum absolute atomic E-state index is 12.5. The number of hydrogen-bond donors (Lipinski definition) is 1. The number of carbonyl (C=O) groups excluding carboxylic acids is 2. The number of rotatable bonds is 6. The van der Waals surface area contributed by atoms with Crippen molar-refractivity contribution in [2.45, 2.75) is 26.3 Å². The minimum atomic E-state index is -0.0696. The molecule has 0 radical (unpaired) electrons. The number of likely N-dealkylation sites (tertiary alicyclic amines) is 1. The summed E-state index contributed by atoms with van der Waals surface area (Å²) >= 11 is 0. The zero-order valence-corrected chi connectivity index (χ0v) is 16.3. The van der Waals surface area contributed by atoms with Crippen molar-refractivity contribution in [2.75, 3.05) is 20.2 Å². The van der Waals surface area contributed by atoms with Crippen molar-refractivity contribution in [1.82, 2.24) is 10.2 Å². The van der Waals surface area contributed by atoms with Gasteiger partial charge in [-0.2, -0.15) is 0 Å². The van der Waals surface area contributed by atoms with Crippen LogP contribution < -0.4 is 10.1 Å². The monoisotopic (exact) mass is 382 g/mol. The highest BCUT2D eigenvalue weighted by atomic mass is 16.5. The van der Waals surface area contributed by atoms with Crippen molar-refractivity contribution in [3.05, 3.63) is 59.6 Å². The van der Waals surface area contributed by atoms with Crippen molar-refractivity contribution in [2.24, 2.45) is 5.92 Å². The highest BCUT2D eigenvalue weighted by molar-refractivity contribution is 5.92. The molecule has 0 atom stereocenters. The molecule has 6 heteroatoms. The fourth-order valence-electron chi connectivity index (χ4n) is 3.34. The number of piperidine rings is 1. The molecule has 0 spiro atoms. The lowest BCUT2D eigenvalue weighted by Gasteiger charge is -2.30. The molecule has 2 amide bonds. The summed E-state index contributed by atoms with van der Waals surface area (Å²) in [5, 5.41) is 2.90. The SMILES string of the molecule is COc1ccc(C)cc1/C=C/C(=O)N1CCC(C(=O)NCc2ccco2)CC1. The van der Waals surface area contributed by atoms with Gasteiger partial charge in [0.2, 0.25) is 11.8 Å². The first-order chi connectivity index (χ1) is 13.6. The number of aryl methyl sites for hydroxylation is 1. The van der Waals surface area contributed by atoms with Gasteiger partial charge in [0.05, 0.1) is 19.9 Å². The molecule has 0 saturated carbocycles. The number of carbonyl (C=O) groups is 2. The molecule has 6 nitrogen and oxygen atoms in total. The third-order valence-electron chi connectivity index (χ3n) is 4.99. The van der Waals surface area contributed by atoms with Gasteiger partial charge in [0.1, 0.15) is 11.5 Å². The number of methoxy groups -OCH3 is 1. The highest BCUT2D eigenvalue weighted by Crippen LogP contribution is 2.22. The molecule has 1 saturated heterocycles. The number of hydrogen-bond acceptors (Lipinski definition) is 4. The van der Waals surface area contributed by atoms with Crippen LogP contribution >= 0.6 is 0 Å². The van der Waals surface area contributed by atoms with Crippen LogP contribution in [-0.2, 0) is 16.1 Å². The Morgan fingerprint density at radius 1 is 1.29 bits per heavy atom. The standard InChI is InChI=1S/C22H26N2O4/c1-16-5-7-20(27-2)18(14-16)6-8-21(25)24-11-9-17(10-12-24)22(26)23-15-19-4-3-13-28-19/h3-8,13-14,17H,9-12,15H2,1-2H3,(H,23,26)/b8-6+. The van der Waals surface area contributed by atoms with Crippen LogP contribution in [0.1, 0.15) is 29.7 Å². The van der Waals surface area contributed by atoms with E-state index in [1.165, 1.54) is 0 Å². The molecule has 0 aliphatic carbocycles. The van der Waals surface area contributed by atoms with E-state index in [-0.39, 0.29) is 17.7 Å². The third-order valence-corrected chi connectivity index (χ3v) is 4.99. The highest BCUT2D eigenvalue weighted by Gasteiger charge is 2.26. The lowest BCUT2D eigenvalue weighted by molar-refractivity contribution is -0.132. The zero-order valence-electron chi connectivity index (χ0n) is 16.3. The Morgan fingerprint density at radius 2 is 2.07 bits per heavy atom. The van der Waals surface area contributed by atoms with Crippen molar-refractivity contribution in [1.29, 1.82) is 0 Å². The summed E-state index contributed by atoms with van der Waals surface area (Å²) in [5.74, 6) is 1.38. The first kappa shape index (κ1) is 19.7. The zero-order chi connectivity index (χ0) is 19.9. The maximum atomic E-state index is 12.5. The molecule has 3 rings (SSSR count). The molecule has 1 aromatic carbocycles. The summed E-state index contributed by atoms with van der Waals surface area (Å²) in [4.78, 5) is 26.6. The van der Waals surface area contributed by atoms with Gasteiger partial charge in [-0.3, -0.25) is 9.59 Å². The van der Waals surface area contributed by atoms with Crippen LogP contribution in [0, 0.1) is 12.8 Å². The van der Waals surface area contributed by atoms with E-state index in [1.807, 2.05) is 31.2 Å². The Balaban J connectivity index is 1.49. The lowest BCUT2D eigenvalue weighted by Crippen LogP contribution is -2.42. The summed E-state index contributed by atoms with van der Waals surface area (Å²) in [6, 6.07) is 9.48. The van der Waals surface area contributed by atoms with Crippen molar-refractivity contribution in [3.8, 4) is 5.75 Å². The predicted molar refractivity (Wildman–Crippen MR) is 107 cm³/mol. The molecule has 1 fully saturated rings. The Hall–Kier alpha value is -3.02. The Bertz CT molecular complexity index is 834. The van der Waals surface area contributed by atoms with Gasteiger partial charge >= 0.3 is 0 Å². The molecule has 148 valence electrons. The average molecular weight is 382 g/mol. The summed E-state index contributed by atoms with van der Waals surface area (Å²) < 4.78 is 10.6. The molecule has 0 bridgehead atoms. The fourth-order valence-corrected chi connectivity index (χ4v) is 3.34. The van der Waals surface area contributed by atoms with Crippen LogP contribution in [-0.4, -0.2) is 36.9 Å². The number of amides is 2. The van der Waals surface area contributed by atoms with Crippen LogP contribution in [0.15, 0.2) is 47.1 Å². The second-order valence-electron chi connectivity index (χ2n) is 6.98. The molecular formula is C22H26N2O4. The molecule has 1 aromatic heterocycles. The van der Waals surface area contributed by atoms with Crippen LogP contribution in [0.25, 0.3) is 6.08 Å². The molecular weight excluding hydrogens is 356 g/mol. The first-order valence-corrected chi connectivity index (χ1v) is 9.48. The van der Waals surface area contributed by atoms with Gasteiger partial charge in [0.25, 0.3) is 0 Å². The van der Waals surface area contributed by atoms with Gasteiger partial charge in [-0.25, -0.2) is 0 Å². The lowest BCUT2D eigenvalue weighted by atomic mass is 9.95. The van der Waals surface area contributed by atoms with E-state index < -0.39 is 0 Å². The number of nitrogens with one attached hydrogen (secondary N) is 1. The average Bonchev–Trinajstić information content (AvgIpc) is 3.24. The molecule has 28 heavy (non-hydrogen) atoms. The minimum absolute atomic E-state index is 0.0172. The van der Waals surface area contributed by atoms with E-state index in [2.05, 4.69) is 5.32 Å². The Labute approximate surface area is 165 Å². The van der Waals surface area contributed by atoms with E-state index in [0.29, 0.717) is 32.5 Å². The van der Waals surface area contributed by atoms with Crippen LogP contribution in [0.2, 0.25) is 0 Å². The first-order valence-electron chi connectivity index (χ1n) is 9.48. The molecule has 2 heterocycles. The topological polar surface area (TPSA) is 71.8 Å². The summed E-state index contributed by atoms with van der Waals surface area (Å²) in [5.41, 5.74) is 1.98. The van der Waals surface area contributed by atoms with Crippen molar-refractivity contribution >= 4 is 17.9 Å². The van der Waals surface area contributed by atoms with Gasteiger partial charge in [-0.15, -0.1) is 0 Å². The van der Waals surface area contributed by atoms with Crippen molar-refractivity contribution < 1.29 is 18.7 Å². The minimum Gasteiger partial charge on any atom is -0.496 e. The van der Waals surface area contributed by atoms with E-state index in [1.54, 1.807) is 36.5 Å². The fraction of sp³-hybridized carbons (Fsp3) is 0.364. The van der Waals surface area contributed by atoms with Crippen LogP contribution in [0.5, 0.6) is 5.75 Å². The number of nitrogens with zero attached hydrogens (tertiary/aromatic N) is 1. The van der Waals surface area contributed by atoms with E-state index in [9.17, 15) is 9.59 Å². The van der Waals surface area contributed by atoms with Gasteiger partial charge in [0.15, 0.2) is 0 Å².